The second-order valence-electron chi connectivity index (χ2n) is 6.46. The van der Waals surface area contributed by atoms with Crippen LogP contribution in [-0.2, 0) is 4.79 Å². The van der Waals surface area contributed by atoms with Crippen molar-refractivity contribution in [1.29, 1.82) is 0 Å². The lowest BCUT2D eigenvalue weighted by atomic mass is 10.0. The zero-order valence-electron chi connectivity index (χ0n) is 16.0. The lowest BCUT2D eigenvalue weighted by Crippen LogP contribution is -2.30. The summed E-state index contributed by atoms with van der Waals surface area (Å²) in [4.78, 5) is 24.3. The summed E-state index contributed by atoms with van der Waals surface area (Å²) in [5.74, 6) is 0.388. The molecular formula is C24H23NO3. The first kappa shape index (κ1) is 19.4. The van der Waals surface area contributed by atoms with E-state index < -0.39 is 6.10 Å². The Kier molecular flexibility index (Phi) is 6.22. The van der Waals surface area contributed by atoms with Crippen molar-refractivity contribution in [2.45, 2.75) is 26.4 Å². The molecule has 0 unspecified atom stereocenters. The molecule has 0 bridgehead atoms. The van der Waals surface area contributed by atoms with E-state index in [0.717, 1.165) is 16.8 Å². The van der Waals surface area contributed by atoms with Gasteiger partial charge in [-0.05, 0) is 42.8 Å². The van der Waals surface area contributed by atoms with E-state index in [-0.39, 0.29) is 11.7 Å². The molecule has 1 atom stereocenters. The number of rotatable bonds is 7. The van der Waals surface area contributed by atoms with Gasteiger partial charge in [-0.3, -0.25) is 9.59 Å². The number of nitrogens with one attached hydrogen (secondary N) is 1. The topological polar surface area (TPSA) is 55.4 Å². The van der Waals surface area contributed by atoms with Gasteiger partial charge >= 0.3 is 0 Å². The van der Waals surface area contributed by atoms with E-state index in [1.807, 2.05) is 61.5 Å². The molecule has 3 rings (SSSR count). The third-order valence-electron chi connectivity index (χ3n) is 4.45. The summed E-state index contributed by atoms with van der Waals surface area (Å²) in [6, 6.07) is 24.4. The monoisotopic (exact) mass is 373 g/mol. The summed E-state index contributed by atoms with van der Waals surface area (Å²) in [5, 5.41) is 2.95. The number of para-hydroxylation sites is 1. The van der Waals surface area contributed by atoms with E-state index in [2.05, 4.69) is 5.32 Å². The first-order chi connectivity index (χ1) is 13.6. The van der Waals surface area contributed by atoms with Gasteiger partial charge in [0.05, 0.1) is 0 Å². The zero-order valence-corrected chi connectivity index (χ0v) is 16.0. The van der Waals surface area contributed by atoms with Gasteiger partial charge in [0.15, 0.2) is 11.9 Å². The standard InChI is InChI=1S/C24H23NO3/c1-3-23(26)19-13-15-20(16-14-19)28-17(2)24(27)25-22-12-8-7-11-21(22)18-9-5-4-6-10-18/h4-17H,3H2,1-2H3,(H,25,27)/t17-/m1/s1. The molecule has 0 aliphatic heterocycles. The lowest BCUT2D eigenvalue weighted by Gasteiger charge is -2.17. The van der Waals surface area contributed by atoms with Crippen molar-refractivity contribution < 1.29 is 14.3 Å². The molecule has 4 heteroatoms. The Balaban J connectivity index is 1.69. The number of Topliss-reactive ketones (excluding diaryl/α,β-unsaturated/α-hetero) is 1. The summed E-state index contributed by atoms with van der Waals surface area (Å²) in [6.07, 6.45) is -0.226. The second-order valence-corrected chi connectivity index (χ2v) is 6.46. The quantitative estimate of drug-likeness (QED) is 0.568. The average molecular weight is 373 g/mol. The number of carbonyl (C=O) groups excluding carboxylic acids is 2. The highest BCUT2D eigenvalue weighted by Gasteiger charge is 2.17. The molecular weight excluding hydrogens is 350 g/mol. The highest BCUT2D eigenvalue weighted by atomic mass is 16.5. The number of benzene rings is 3. The minimum atomic E-state index is -0.684. The fraction of sp³-hybridized carbons (Fsp3) is 0.167. The van der Waals surface area contributed by atoms with E-state index in [9.17, 15) is 9.59 Å². The summed E-state index contributed by atoms with van der Waals surface area (Å²) in [5.41, 5.74) is 3.36. The molecule has 0 spiro atoms. The van der Waals surface area contributed by atoms with Gasteiger partial charge in [0, 0.05) is 23.2 Å². The molecule has 4 nitrogen and oxygen atoms in total. The first-order valence-corrected chi connectivity index (χ1v) is 9.33. The molecule has 0 aromatic heterocycles. The number of carbonyl (C=O) groups is 2. The molecule has 0 saturated heterocycles. The largest absolute Gasteiger partial charge is 0.481 e. The Morgan fingerprint density at radius 3 is 2.21 bits per heavy atom. The Hall–Kier alpha value is -3.40. The van der Waals surface area contributed by atoms with E-state index in [1.54, 1.807) is 31.2 Å². The minimum Gasteiger partial charge on any atom is -0.481 e. The SMILES string of the molecule is CCC(=O)c1ccc(O[C@H](C)C(=O)Nc2ccccc2-c2ccccc2)cc1. The van der Waals surface area contributed by atoms with Gasteiger partial charge in [0.25, 0.3) is 5.91 Å². The number of hydrogen-bond donors (Lipinski definition) is 1. The van der Waals surface area contributed by atoms with Gasteiger partial charge in [-0.15, -0.1) is 0 Å². The predicted octanol–water partition coefficient (Wildman–Crippen LogP) is 5.35. The molecule has 3 aromatic rings. The first-order valence-electron chi connectivity index (χ1n) is 9.33. The van der Waals surface area contributed by atoms with Crippen molar-refractivity contribution in [2.24, 2.45) is 0 Å². The Bertz CT molecular complexity index is 949. The fourth-order valence-electron chi connectivity index (χ4n) is 2.88. The summed E-state index contributed by atoms with van der Waals surface area (Å²) in [6.45, 7) is 3.53. The molecule has 0 saturated carbocycles. The van der Waals surface area contributed by atoms with Crippen LogP contribution in [0.15, 0.2) is 78.9 Å². The van der Waals surface area contributed by atoms with Crippen LogP contribution in [0.5, 0.6) is 5.75 Å². The Morgan fingerprint density at radius 2 is 1.54 bits per heavy atom. The summed E-state index contributed by atoms with van der Waals surface area (Å²) < 4.78 is 5.74. The van der Waals surface area contributed by atoms with Crippen LogP contribution in [0, 0.1) is 0 Å². The third-order valence-corrected chi connectivity index (χ3v) is 4.45. The van der Waals surface area contributed by atoms with Crippen LogP contribution in [0.2, 0.25) is 0 Å². The number of amides is 1. The van der Waals surface area contributed by atoms with Gasteiger partial charge < -0.3 is 10.1 Å². The van der Waals surface area contributed by atoms with Crippen molar-refractivity contribution in [3.05, 3.63) is 84.4 Å². The predicted molar refractivity (Wildman–Crippen MR) is 112 cm³/mol. The Labute approximate surface area is 165 Å². The molecule has 3 aromatic carbocycles. The molecule has 0 fully saturated rings. The van der Waals surface area contributed by atoms with Crippen molar-refractivity contribution in [2.75, 3.05) is 5.32 Å². The average Bonchev–Trinajstić information content (AvgIpc) is 2.74. The van der Waals surface area contributed by atoms with Crippen LogP contribution in [-0.4, -0.2) is 17.8 Å². The van der Waals surface area contributed by atoms with E-state index >= 15 is 0 Å². The fourth-order valence-corrected chi connectivity index (χ4v) is 2.88. The maximum atomic E-state index is 12.6. The normalized spacial score (nSPS) is 11.5. The lowest BCUT2D eigenvalue weighted by molar-refractivity contribution is -0.122. The van der Waals surface area contributed by atoms with Crippen LogP contribution in [0.4, 0.5) is 5.69 Å². The number of ether oxygens (including phenoxy) is 1. The molecule has 0 radical (unpaired) electrons. The van der Waals surface area contributed by atoms with Crippen molar-refractivity contribution in [3.8, 4) is 16.9 Å². The van der Waals surface area contributed by atoms with E-state index in [0.29, 0.717) is 17.7 Å². The number of anilines is 1. The van der Waals surface area contributed by atoms with Crippen LogP contribution in [0.25, 0.3) is 11.1 Å². The smallest absolute Gasteiger partial charge is 0.265 e. The molecule has 1 amide bonds. The van der Waals surface area contributed by atoms with Gasteiger partial charge in [-0.25, -0.2) is 0 Å². The minimum absolute atomic E-state index is 0.0786. The highest BCUT2D eigenvalue weighted by Crippen LogP contribution is 2.27. The van der Waals surface area contributed by atoms with Crippen LogP contribution >= 0.6 is 0 Å². The van der Waals surface area contributed by atoms with Crippen LogP contribution < -0.4 is 10.1 Å². The molecule has 0 aliphatic carbocycles. The van der Waals surface area contributed by atoms with Crippen molar-refractivity contribution >= 4 is 17.4 Å². The van der Waals surface area contributed by atoms with E-state index in [4.69, 9.17) is 4.74 Å². The van der Waals surface area contributed by atoms with E-state index in [1.165, 1.54) is 0 Å². The van der Waals surface area contributed by atoms with Crippen molar-refractivity contribution in [3.63, 3.8) is 0 Å². The summed E-state index contributed by atoms with van der Waals surface area (Å²) in [7, 11) is 0. The second kappa shape index (κ2) is 9.00. The van der Waals surface area contributed by atoms with Gasteiger partial charge in [-0.1, -0.05) is 55.5 Å². The van der Waals surface area contributed by atoms with Gasteiger partial charge in [-0.2, -0.15) is 0 Å². The molecule has 1 N–H and O–H groups in total. The summed E-state index contributed by atoms with van der Waals surface area (Å²) >= 11 is 0. The number of hydrogen-bond acceptors (Lipinski definition) is 3. The zero-order chi connectivity index (χ0) is 19.9. The molecule has 142 valence electrons. The maximum absolute atomic E-state index is 12.6. The Morgan fingerprint density at radius 1 is 0.893 bits per heavy atom. The highest BCUT2D eigenvalue weighted by molar-refractivity contribution is 5.98. The van der Waals surface area contributed by atoms with Crippen LogP contribution in [0.3, 0.4) is 0 Å². The molecule has 28 heavy (non-hydrogen) atoms. The molecule has 0 aliphatic rings. The van der Waals surface area contributed by atoms with Crippen LogP contribution in [0.1, 0.15) is 30.6 Å². The number of ketones is 1. The third kappa shape index (κ3) is 4.65. The van der Waals surface area contributed by atoms with Gasteiger partial charge in [0.2, 0.25) is 0 Å². The molecule has 0 heterocycles. The maximum Gasteiger partial charge on any atom is 0.265 e. The van der Waals surface area contributed by atoms with Gasteiger partial charge in [0.1, 0.15) is 5.75 Å². The van der Waals surface area contributed by atoms with Crippen molar-refractivity contribution in [1.82, 2.24) is 0 Å².